The first kappa shape index (κ1) is 16.9. The molecule has 0 saturated carbocycles. The van der Waals surface area contributed by atoms with E-state index in [9.17, 15) is 4.79 Å². The molecule has 0 N–H and O–H groups in total. The third kappa shape index (κ3) is 3.17. The van der Waals surface area contributed by atoms with Crippen LogP contribution in [0.5, 0.6) is 11.5 Å². The van der Waals surface area contributed by atoms with E-state index in [0.717, 1.165) is 16.3 Å². The van der Waals surface area contributed by atoms with Gasteiger partial charge in [-0.3, -0.25) is 0 Å². The van der Waals surface area contributed by atoms with Crippen molar-refractivity contribution in [2.24, 2.45) is 0 Å². The Balaban J connectivity index is 1.79. The first-order valence-electron chi connectivity index (χ1n) is 8.55. The summed E-state index contributed by atoms with van der Waals surface area (Å²) in [6.45, 7) is 0. The van der Waals surface area contributed by atoms with Gasteiger partial charge in [0.25, 0.3) is 0 Å². The van der Waals surface area contributed by atoms with Crippen LogP contribution in [0.3, 0.4) is 0 Å². The number of esters is 1. The Morgan fingerprint density at radius 3 is 2.56 bits per heavy atom. The van der Waals surface area contributed by atoms with Gasteiger partial charge >= 0.3 is 5.97 Å². The highest BCUT2D eigenvalue weighted by molar-refractivity contribution is 6.07. The molecule has 27 heavy (non-hydrogen) atoms. The van der Waals surface area contributed by atoms with E-state index >= 15 is 0 Å². The molecule has 0 bridgehead atoms. The molecule has 134 valence electrons. The zero-order chi connectivity index (χ0) is 18.8. The second-order valence-corrected chi connectivity index (χ2v) is 6.13. The van der Waals surface area contributed by atoms with E-state index in [1.165, 1.54) is 0 Å². The molecule has 0 spiro atoms. The highest BCUT2D eigenvalue weighted by Gasteiger charge is 2.24. The van der Waals surface area contributed by atoms with Gasteiger partial charge in [0.2, 0.25) is 0 Å². The Kier molecular flexibility index (Phi) is 4.38. The number of cyclic esters (lactones) is 1. The van der Waals surface area contributed by atoms with Crippen molar-refractivity contribution in [2.75, 3.05) is 14.2 Å². The van der Waals surface area contributed by atoms with Crippen LogP contribution >= 0.6 is 0 Å². The van der Waals surface area contributed by atoms with Gasteiger partial charge in [-0.2, -0.15) is 0 Å². The second-order valence-electron chi connectivity index (χ2n) is 6.13. The average Bonchev–Trinajstić information content (AvgIpc) is 3.08. The predicted molar refractivity (Wildman–Crippen MR) is 106 cm³/mol. The van der Waals surface area contributed by atoms with E-state index in [1.807, 2.05) is 48.5 Å². The summed E-state index contributed by atoms with van der Waals surface area (Å²) in [7, 11) is 3.17. The van der Waals surface area contributed by atoms with Gasteiger partial charge in [-0.1, -0.05) is 42.5 Å². The van der Waals surface area contributed by atoms with Crippen molar-refractivity contribution in [3.05, 3.63) is 83.4 Å². The van der Waals surface area contributed by atoms with E-state index in [1.54, 1.807) is 38.5 Å². The molecule has 0 radical (unpaired) electrons. The monoisotopic (exact) mass is 358 g/mol. The zero-order valence-electron chi connectivity index (χ0n) is 15.1. The van der Waals surface area contributed by atoms with Crippen LogP contribution in [0.15, 0.2) is 72.3 Å². The van der Waals surface area contributed by atoms with Gasteiger partial charge < -0.3 is 14.2 Å². The molecule has 0 amide bonds. The van der Waals surface area contributed by atoms with E-state index in [0.29, 0.717) is 28.4 Å². The van der Waals surface area contributed by atoms with Gasteiger partial charge in [0.15, 0.2) is 0 Å². The lowest BCUT2D eigenvalue weighted by molar-refractivity contribution is -0.130. The standard InChI is InChI=1S/C23H18O4/c1-25-18-10-11-21(26-2)20(14-18)22-13-17(23(24)27-22)12-16-8-5-7-15-6-3-4-9-19(15)16/h3-14H,1-2H3. The van der Waals surface area contributed by atoms with Crippen LogP contribution < -0.4 is 9.47 Å². The van der Waals surface area contributed by atoms with Gasteiger partial charge in [0, 0.05) is 0 Å². The molecule has 3 aromatic rings. The molecule has 4 rings (SSSR count). The Morgan fingerprint density at radius 1 is 0.926 bits per heavy atom. The van der Waals surface area contributed by atoms with Crippen LogP contribution in [-0.4, -0.2) is 20.2 Å². The first-order valence-corrected chi connectivity index (χ1v) is 8.55. The Labute approximate surface area is 157 Å². The lowest BCUT2D eigenvalue weighted by atomic mass is 10.0. The average molecular weight is 358 g/mol. The second kappa shape index (κ2) is 7.00. The number of benzene rings is 3. The van der Waals surface area contributed by atoms with Gasteiger partial charge in [-0.15, -0.1) is 0 Å². The number of ether oxygens (including phenoxy) is 3. The van der Waals surface area contributed by atoms with Crippen molar-refractivity contribution in [1.82, 2.24) is 0 Å². The third-order valence-electron chi connectivity index (χ3n) is 4.53. The summed E-state index contributed by atoms with van der Waals surface area (Å²) in [6.07, 6.45) is 3.59. The fraction of sp³-hybridized carbons (Fsp3) is 0.0870. The maximum atomic E-state index is 12.4. The van der Waals surface area contributed by atoms with Crippen LogP contribution in [0, 0.1) is 0 Å². The lowest BCUT2D eigenvalue weighted by Gasteiger charge is -2.10. The van der Waals surface area contributed by atoms with Gasteiger partial charge in [-0.25, -0.2) is 4.79 Å². The Bertz CT molecular complexity index is 1090. The van der Waals surface area contributed by atoms with Crippen molar-refractivity contribution < 1.29 is 19.0 Å². The van der Waals surface area contributed by atoms with Gasteiger partial charge in [0.1, 0.15) is 17.3 Å². The van der Waals surface area contributed by atoms with Crippen LogP contribution in [0.25, 0.3) is 22.6 Å². The maximum Gasteiger partial charge on any atom is 0.343 e. The minimum Gasteiger partial charge on any atom is -0.497 e. The molecule has 4 nitrogen and oxygen atoms in total. The number of hydrogen-bond donors (Lipinski definition) is 0. The summed E-state index contributed by atoms with van der Waals surface area (Å²) in [4.78, 5) is 12.4. The summed E-state index contributed by atoms with van der Waals surface area (Å²) < 4.78 is 16.2. The Hall–Kier alpha value is -3.53. The molecule has 1 heterocycles. The van der Waals surface area contributed by atoms with Crippen LogP contribution in [0.1, 0.15) is 11.1 Å². The van der Waals surface area contributed by atoms with Crippen LogP contribution in [0.4, 0.5) is 0 Å². The molecule has 3 aromatic carbocycles. The molecule has 4 heteroatoms. The molecule has 1 aliphatic heterocycles. The topological polar surface area (TPSA) is 44.8 Å². The van der Waals surface area contributed by atoms with Crippen LogP contribution in [-0.2, 0) is 9.53 Å². The van der Waals surface area contributed by atoms with Crippen LogP contribution in [0.2, 0.25) is 0 Å². The predicted octanol–water partition coefficient (Wildman–Crippen LogP) is 4.84. The van der Waals surface area contributed by atoms with Crippen molar-refractivity contribution >= 4 is 28.6 Å². The van der Waals surface area contributed by atoms with E-state index in [-0.39, 0.29) is 5.97 Å². The number of carbonyl (C=O) groups excluding carboxylic acids is 1. The van der Waals surface area contributed by atoms with Crippen molar-refractivity contribution in [1.29, 1.82) is 0 Å². The van der Waals surface area contributed by atoms with E-state index < -0.39 is 0 Å². The summed E-state index contributed by atoms with van der Waals surface area (Å²) >= 11 is 0. The molecule has 0 saturated heterocycles. The number of carbonyl (C=O) groups is 1. The first-order chi connectivity index (χ1) is 13.2. The molecular weight excluding hydrogens is 340 g/mol. The Morgan fingerprint density at radius 2 is 1.74 bits per heavy atom. The largest absolute Gasteiger partial charge is 0.497 e. The number of rotatable bonds is 4. The molecule has 1 aliphatic rings. The summed E-state index contributed by atoms with van der Waals surface area (Å²) in [5.74, 6) is 1.33. The molecule has 0 fully saturated rings. The van der Waals surface area contributed by atoms with E-state index in [4.69, 9.17) is 14.2 Å². The fourth-order valence-electron chi connectivity index (χ4n) is 3.17. The van der Waals surface area contributed by atoms with Crippen molar-refractivity contribution in [3.8, 4) is 11.5 Å². The highest BCUT2D eigenvalue weighted by atomic mass is 16.5. The molecule has 0 aromatic heterocycles. The summed E-state index contributed by atoms with van der Waals surface area (Å²) in [6, 6.07) is 19.5. The van der Waals surface area contributed by atoms with E-state index in [2.05, 4.69) is 0 Å². The minimum atomic E-state index is -0.386. The quantitative estimate of drug-likeness (QED) is 0.495. The summed E-state index contributed by atoms with van der Waals surface area (Å²) in [5.41, 5.74) is 2.13. The summed E-state index contributed by atoms with van der Waals surface area (Å²) in [5, 5.41) is 2.21. The smallest absolute Gasteiger partial charge is 0.343 e. The number of fused-ring (bicyclic) bond motifs is 1. The van der Waals surface area contributed by atoms with Gasteiger partial charge in [-0.05, 0) is 46.7 Å². The normalized spacial score (nSPS) is 15.0. The van der Waals surface area contributed by atoms with Gasteiger partial charge in [0.05, 0.1) is 25.4 Å². The minimum absolute atomic E-state index is 0.386. The SMILES string of the molecule is COc1ccc(OC)c(C2=CC(=Cc3cccc4ccccc34)C(=O)O2)c1. The van der Waals surface area contributed by atoms with Crippen molar-refractivity contribution in [2.45, 2.75) is 0 Å². The number of hydrogen-bond acceptors (Lipinski definition) is 4. The molecule has 0 aliphatic carbocycles. The van der Waals surface area contributed by atoms with Crippen molar-refractivity contribution in [3.63, 3.8) is 0 Å². The lowest BCUT2D eigenvalue weighted by Crippen LogP contribution is -1.99. The third-order valence-corrected chi connectivity index (χ3v) is 4.53. The molecule has 0 atom stereocenters. The number of methoxy groups -OCH3 is 2. The maximum absolute atomic E-state index is 12.4. The zero-order valence-corrected chi connectivity index (χ0v) is 15.1. The molecular formula is C23H18O4. The molecule has 0 unspecified atom stereocenters. The fourth-order valence-corrected chi connectivity index (χ4v) is 3.17. The highest BCUT2D eigenvalue weighted by Crippen LogP contribution is 2.35.